The fourth-order valence-corrected chi connectivity index (χ4v) is 3.85. The van der Waals surface area contributed by atoms with E-state index in [1.54, 1.807) is 12.1 Å². The van der Waals surface area contributed by atoms with Gasteiger partial charge in [-0.05, 0) is 49.8 Å². The summed E-state index contributed by atoms with van der Waals surface area (Å²) in [7, 11) is 1.72. The van der Waals surface area contributed by atoms with E-state index in [9.17, 15) is 8.42 Å². The second-order valence-corrected chi connectivity index (χ2v) is 8.10. The molecule has 0 spiro atoms. The average molecular weight is 317 g/mol. The van der Waals surface area contributed by atoms with Gasteiger partial charge in [-0.1, -0.05) is 25.8 Å². The third kappa shape index (κ3) is 3.89. The van der Waals surface area contributed by atoms with Crippen LogP contribution >= 0.6 is 10.7 Å². The third-order valence-electron chi connectivity index (χ3n) is 3.97. The van der Waals surface area contributed by atoms with Gasteiger partial charge in [-0.3, -0.25) is 0 Å². The van der Waals surface area contributed by atoms with Gasteiger partial charge in [0.15, 0.2) is 0 Å². The van der Waals surface area contributed by atoms with Gasteiger partial charge in [0.05, 0.1) is 6.10 Å². The highest BCUT2D eigenvalue weighted by molar-refractivity contribution is 8.13. The minimum Gasteiger partial charge on any atom is -0.489 e. The zero-order valence-corrected chi connectivity index (χ0v) is 13.5. The van der Waals surface area contributed by atoms with Gasteiger partial charge in [0.1, 0.15) is 10.6 Å². The van der Waals surface area contributed by atoms with Gasteiger partial charge in [0.25, 0.3) is 9.05 Å². The minimum absolute atomic E-state index is 0.0813. The molecule has 1 saturated carbocycles. The summed E-state index contributed by atoms with van der Waals surface area (Å²) in [6, 6.07) is 5.12. The third-order valence-corrected chi connectivity index (χ3v) is 5.31. The summed E-state index contributed by atoms with van der Waals surface area (Å²) in [5, 5.41) is 0. The van der Waals surface area contributed by atoms with Crippen molar-refractivity contribution in [1.82, 2.24) is 0 Å². The second kappa shape index (κ2) is 6.35. The van der Waals surface area contributed by atoms with Crippen molar-refractivity contribution in [2.75, 3.05) is 0 Å². The summed E-state index contributed by atoms with van der Waals surface area (Å²) in [6.07, 6.45) is 5.59. The maximum absolute atomic E-state index is 11.7. The van der Waals surface area contributed by atoms with Gasteiger partial charge in [0.2, 0.25) is 0 Å². The molecular weight excluding hydrogens is 296 g/mol. The lowest BCUT2D eigenvalue weighted by Gasteiger charge is -2.29. The Morgan fingerprint density at radius 3 is 2.75 bits per heavy atom. The fourth-order valence-electron chi connectivity index (χ4n) is 2.80. The first-order valence-electron chi connectivity index (χ1n) is 7.12. The minimum atomic E-state index is -3.78. The van der Waals surface area contributed by atoms with E-state index in [2.05, 4.69) is 6.92 Å². The zero-order valence-electron chi connectivity index (χ0n) is 11.9. The molecule has 0 heterocycles. The summed E-state index contributed by atoms with van der Waals surface area (Å²) in [5.41, 5.74) is 0.853. The lowest BCUT2D eigenvalue weighted by Crippen LogP contribution is -2.25. The SMILES string of the molecule is CCC1CCCC(Oc2ccc(C)cc2S(=O)(=O)Cl)C1. The Morgan fingerprint density at radius 1 is 1.35 bits per heavy atom. The van der Waals surface area contributed by atoms with Crippen molar-refractivity contribution in [1.29, 1.82) is 0 Å². The Kier molecular flexibility index (Phi) is 4.97. The van der Waals surface area contributed by atoms with Crippen LogP contribution < -0.4 is 4.74 Å². The van der Waals surface area contributed by atoms with Gasteiger partial charge in [-0.2, -0.15) is 0 Å². The van der Waals surface area contributed by atoms with E-state index in [1.807, 2.05) is 13.0 Å². The molecule has 0 radical (unpaired) electrons. The molecule has 3 nitrogen and oxygen atoms in total. The summed E-state index contributed by atoms with van der Waals surface area (Å²) in [4.78, 5) is 0.0813. The highest BCUT2D eigenvalue weighted by Gasteiger charge is 2.25. The molecule has 1 aliphatic carbocycles. The quantitative estimate of drug-likeness (QED) is 0.779. The molecule has 2 rings (SSSR count). The van der Waals surface area contributed by atoms with Gasteiger partial charge < -0.3 is 4.74 Å². The van der Waals surface area contributed by atoms with Crippen LogP contribution in [0.1, 0.15) is 44.6 Å². The standard InChI is InChI=1S/C15H21ClO3S/c1-3-12-5-4-6-13(10-12)19-14-8-7-11(2)9-15(14)20(16,17)18/h7-9,12-13H,3-6,10H2,1-2H3. The number of hydrogen-bond donors (Lipinski definition) is 0. The Morgan fingerprint density at radius 2 is 2.10 bits per heavy atom. The Balaban J connectivity index is 2.21. The lowest BCUT2D eigenvalue weighted by molar-refractivity contribution is 0.119. The molecule has 112 valence electrons. The number of rotatable bonds is 4. The average Bonchev–Trinajstić information content (AvgIpc) is 2.40. The van der Waals surface area contributed by atoms with Crippen LogP contribution in [0.2, 0.25) is 0 Å². The largest absolute Gasteiger partial charge is 0.489 e. The zero-order chi connectivity index (χ0) is 14.8. The van der Waals surface area contributed by atoms with Crippen molar-refractivity contribution >= 4 is 19.7 Å². The summed E-state index contributed by atoms with van der Waals surface area (Å²) in [5.74, 6) is 1.06. The lowest BCUT2D eigenvalue weighted by atomic mass is 9.85. The Hall–Kier alpha value is -0.740. The van der Waals surface area contributed by atoms with E-state index in [4.69, 9.17) is 15.4 Å². The summed E-state index contributed by atoms with van der Waals surface area (Å²) in [6.45, 7) is 4.02. The molecule has 0 N–H and O–H groups in total. The topological polar surface area (TPSA) is 43.4 Å². The second-order valence-electron chi connectivity index (χ2n) is 5.57. The van der Waals surface area contributed by atoms with Gasteiger partial charge in [0, 0.05) is 10.7 Å². The first-order valence-corrected chi connectivity index (χ1v) is 9.43. The fraction of sp³-hybridized carbons (Fsp3) is 0.600. The van der Waals surface area contributed by atoms with Crippen LogP contribution in [0.25, 0.3) is 0 Å². The van der Waals surface area contributed by atoms with Crippen molar-refractivity contribution in [2.45, 2.75) is 57.0 Å². The molecule has 20 heavy (non-hydrogen) atoms. The van der Waals surface area contributed by atoms with E-state index >= 15 is 0 Å². The number of hydrogen-bond acceptors (Lipinski definition) is 3. The maximum atomic E-state index is 11.7. The number of benzene rings is 1. The van der Waals surface area contributed by atoms with Crippen LogP contribution in [-0.2, 0) is 9.05 Å². The van der Waals surface area contributed by atoms with E-state index in [1.165, 1.54) is 6.42 Å². The first kappa shape index (κ1) is 15.6. The van der Waals surface area contributed by atoms with Crippen molar-refractivity contribution < 1.29 is 13.2 Å². The van der Waals surface area contributed by atoms with Gasteiger partial charge in [-0.25, -0.2) is 8.42 Å². The van der Waals surface area contributed by atoms with E-state index < -0.39 is 9.05 Å². The van der Waals surface area contributed by atoms with Crippen molar-refractivity contribution in [2.24, 2.45) is 5.92 Å². The maximum Gasteiger partial charge on any atom is 0.264 e. The number of ether oxygens (including phenoxy) is 1. The van der Waals surface area contributed by atoms with E-state index in [-0.39, 0.29) is 11.0 Å². The van der Waals surface area contributed by atoms with Crippen LogP contribution in [0.15, 0.2) is 23.1 Å². The molecule has 1 aromatic carbocycles. The predicted octanol–water partition coefficient (Wildman–Crippen LogP) is 4.27. The monoisotopic (exact) mass is 316 g/mol. The molecule has 2 atom stereocenters. The van der Waals surface area contributed by atoms with Crippen LogP contribution in [0.3, 0.4) is 0 Å². The highest BCUT2D eigenvalue weighted by Crippen LogP contribution is 2.33. The molecular formula is C15H21ClO3S. The highest BCUT2D eigenvalue weighted by atomic mass is 35.7. The molecule has 0 saturated heterocycles. The van der Waals surface area contributed by atoms with Crippen molar-refractivity contribution in [3.8, 4) is 5.75 Å². The smallest absolute Gasteiger partial charge is 0.264 e. The number of halogens is 1. The molecule has 2 unspecified atom stereocenters. The Labute approximate surface area is 125 Å². The molecule has 1 fully saturated rings. The van der Waals surface area contributed by atoms with Gasteiger partial charge in [-0.15, -0.1) is 0 Å². The molecule has 1 aliphatic rings. The van der Waals surface area contributed by atoms with Crippen LogP contribution in [0, 0.1) is 12.8 Å². The van der Waals surface area contributed by atoms with Crippen molar-refractivity contribution in [3.05, 3.63) is 23.8 Å². The summed E-state index contributed by atoms with van der Waals surface area (Å²) < 4.78 is 29.2. The number of aryl methyl sites for hydroxylation is 1. The molecule has 0 amide bonds. The molecule has 0 aliphatic heterocycles. The van der Waals surface area contributed by atoms with Crippen LogP contribution in [0.5, 0.6) is 5.75 Å². The molecule has 1 aromatic rings. The molecule has 0 bridgehead atoms. The molecule has 0 aromatic heterocycles. The van der Waals surface area contributed by atoms with Crippen LogP contribution in [-0.4, -0.2) is 14.5 Å². The van der Waals surface area contributed by atoms with Crippen molar-refractivity contribution in [3.63, 3.8) is 0 Å². The Bertz CT molecular complexity index is 568. The molecule has 5 heteroatoms. The van der Waals surface area contributed by atoms with Gasteiger partial charge >= 0.3 is 0 Å². The van der Waals surface area contributed by atoms with E-state index in [0.29, 0.717) is 11.7 Å². The normalized spacial score (nSPS) is 23.6. The first-order chi connectivity index (χ1) is 9.40. The summed E-state index contributed by atoms with van der Waals surface area (Å²) >= 11 is 0. The predicted molar refractivity (Wildman–Crippen MR) is 80.9 cm³/mol. The van der Waals surface area contributed by atoms with E-state index in [0.717, 1.165) is 31.2 Å². The van der Waals surface area contributed by atoms with Crippen LogP contribution in [0.4, 0.5) is 0 Å².